The molecule has 0 saturated carbocycles. The maximum Gasteiger partial charge on any atom is 0.537 e. The summed E-state index contributed by atoms with van der Waals surface area (Å²) in [6, 6.07) is 10.4. The Balaban J connectivity index is 2.26. The van der Waals surface area contributed by atoms with Gasteiger partial charge in [-0.1, -0.05) is 12.1 Å². The van der Waals surface area contributed by atoms with E-state index in [1.807, 2.05) is 0 Å². The molecule has 6 heteroatoms. The summed E-state index contributed by atoms with van der Waals surface area (Å²) in [7, 11) is 0. The van der Waals surface area contributed by atoms with Gasteiger partial charge in [0.25, 0.3) is 0 Å². The summed E-state index contributed by atoms with van der Waals surface area (Å²) >= 11 is 0. The lowest BCUT2D eigenvalue weighted by molar-refractivity contribution is -0.277. The molecule has 0 aromatic carbocycles. The quantitative estimate of drug-likeness (QED) is 0.657. The van der Waals surface area contributed by atoms with Crippen LogP contribution in [0.2, 0.25) is 0 Å². The smallest absolute Gasteiger partial charge is 0.448 e. The van der Waals surface area contributed by atoms with Gasteiger partial charge in [-0.2, -0.15) is 4.89 Å². The summed E-state index contributed by atoms with van der Waals surface area (Å²) in [5, 5.41) is 8.47. The molecular formula is C12H10N2O4. The van der Waals surface area contributed by atoms with Crippen LogP contribution in [0.4, 0.5) is 4.79 Å². The van der Waals surface area contributed by atoms with Crippen LogP contribution in [-0.4, -0.2) is 21.2 Å². The van der Waals surface area contributed by atoms with Crippen LogP contribution in [0.5, 0.6) is 0 Å². The van der Waals surface area contributed by atoms with Gasteiger partial charge in [-0.05, 0) is 24.3 Å². The molecule has 6 nitrogen and oxygen atoms in total. The van der Waals surface area contributed by atoms with E-state index in [0.717, 1.165) is 0 Å². The van der Waals surface area contributed by atoms with Crippen LogP contribution in [0, 0.1) is 0 Å². The van der Waals surface area contributed by atoms with Crippen LogP contribution >= 0.6 is 0 Å². The molecule has 18 heavy (non-hydrogen) atoms. The predicted molar refractivity (Wildman–Crippen MR) is 60.5 cm³/mol. The minimum absolute atomic E-state index is 0.512. The van der Waals surface area contributed by atoms with Gasteiger partial charge < -0.3 is 5.11 Å². The zero-order chi connectivity index (χ0) is 12.8. The summed E-state index contributed by atoms with van der Waals surface area (Å²) in [6.45, 7) is 0. The fourth-order valence-corrected chi connectivity index (χ4v) is 1.40. The number of rotatable bonds is 4. The molecule has 0 saturated heterocycles. The Kier molecular flexibility index (Phi) is 3.83. The fourth-order valence-electron chi connectivity index (χ4n) is 1.40. The second-order valence-corrected chi connectivity index (χ2v) is 3.33. The molecule has 2 aromatic heterocycles. The predicted octanol–water partition coefficient (Wildman–Crippen LogP) is 2.19. The Morgan fingerprint density at radius 2 is 1.61 bits per heavy atom. The molecule has 0 fully saturated rings. The molecule has 0 aliphatic carbocycles. The minimum Gasteiger partial charge on any atom is -0.448 e. The Labute approximate surface area is 103 Å². The number of carboxylic acid groups (broad SMARTS) is 1. The molecule has 0 amide bonds. The van der Waals surface area contributed by atoms with Gasteiger partial charge in [-0.25, -0.2) is 4.79 Å². The number of hydrogen-bond donors (Lipinski definition) is 1. The molecule has 0 aliphatic heterocycles. The van der Waals surface area contributed by atoms with Gasteiger partial charge in [-0.15, -0.1) is 0 Å². The van der Waals surface area contributed by atoms with Crippen molar-refractivity contribution in [1.82, 2.24) is 9.97 Å². The number of hydrogen-bond acceptors (Lipinski definition) is 5. The van der Waals surface area contributed by atoms with Crippen molar-refractivity contribution in [1.29, 1.82) is 0 Å². The first-order valence-electron chi connectivity index (χ1n) is 5.15. The molecule has 2 rings (SSSR count). The van der Waals surface area contributed by atoms with E-state index in [-0.39, 0.29) is 0 Å². The van der Waals surface area contributed by atoms with Crippen molar-refractivity contribution in [2.75, 3.05) is 0 Å². The van der Waals surface area contributed by atoms with Crippen LogP contribution in [0.25, 0.3) is 0 Å². The van der Waals surface area contributed by atoms with Crippen molar-refractivity contribution in [2.24, 2.45) is 0 Å². The Bertz CT molecular complexity index is 465. The fraction of sp³-hybridized carbons (Fsp3) is 0.0833. The van der Waals surface area contributed by atoms with E-state index in [9.17, 15) is 4.79 Å². The van der Waals surface area contributed by atoms with Crippen LogP contribution in [-0.2, 0) is 9.78 Å². The molecule has 0 atom stereocenters. The zero-order valence-corrected chi connectivity index (χ0v) is 9.26. The molecule has 0 unspecified atom stereocenters. The molecule has 0 radical (unpaired) electrons. The third-order valence-electron chi connectivity index (χ3n) is 2.13. The Hall–Kier alpha value is -2.47. The maximum absolute atomic E-state index is 10.4. The number of nitrogens with zero attached hydrogens (tertiary/aromatic N) is 2. The first-order valence-corrected chi connectivity index (χ1v) is 5.15. The monoisotopic (exact) mass is 246 g/mol. The lowest BCUT2D eigenvalue weighted by atomic mass is 10.1. The van der Waals surface area contributed by atoms with Crippen molar-refractivity contribution in [2.45, 2.75) is 6.10 Å². The first kappa shape index (κ1) is 12.0. The summed E-state index contributed by atoms with van der Waals surface area (Å²) in [5.41, 5.74) is 1.02. The molecule has 2 heterocycles. The van der Waals surface area contributed by atoms with Gasteiger partial charge in [0, 0.05) is 12.4 Å². The molecule has 0 spiro atoms. The second kappa shape index (κ2) is 5.74. The van der Waals surface area contributed by atoms with Crippen LogP contribution < -0.4 is 0 Å². The van der Waals surface area contributed by atoms with E-state index in [2.05, 4.69) is 14.9 Å². The molecule has 1 N–H and O–H groups in total. The van der Waals surface area contributed by atoms with Gasteiger partial charge in [-0.3, -0.25) is 14.9 Å². The largest absolute Gasteiger partial charge is 0.537 e. The van der Waals surface area contributed by atoms with E-state index in [1.165, 1.54) is 0 Å². The second-order valence-electron chi connectivity index (χ2n) is 3.33. The third-order valence-corrected chi connectivity index (χ3v) is 2.13. The van der Waals surface area contributed by atoms with Crippen LogP contribution in [0.1, 0.15) is 17.5 Å². The normalized spacial score (nSPS) is 10.3. The zero-order valence-electron chi connectivity index (χ0n) is 9.26. The van der Waals surface area contributed by atoms with E-state index in [4.69, 9.17) is 9.99 Å². The highest BCUT2D eigenvalue weighted by Crippen LogP contribution is 2.22. The maximum atomic E-state index is 10.4. The minimum atomic E-state index is -1.52. The van der Waals surface area contributed by atoms with E-state index < -0.39 is 12.3 Å². The SMILES string of the molecule is O=C(O)OOC(c1ccccn1)c1ccccn1. The van der Waals surface area contributed by atoms with Gasteiger partial charge in [0.1, 0.15) is 0 Å². The van der Waals surface area contributed by atoms with E-state index in [1.54, 1.807) is 48.8 Å². The highest BCUT2D eigenvalue weighted by molar-refractivity contribution is 5.55. The summed E-state index contributed by atoms with van der Waals surface area (Å²) in [6.07, 6.45) is 0.848. The van der Waals surface area contributed by atoms with Crippen molar-refractivity contribution in [3.8, 4) is 0 Å². The highest BCUT2D eigenvalue weighted by Gasteiger charge is 2.20. The third kappa shape index (κ3) is 3.02. The molecule has 2 aromatic rings. The average Bonchev–Trinajstić information content (AvgIpc) is 2.41. The number of carbonyl (C=O) groups is 1. The molecule has 0 bridgehead atoms. The van der Waals surface area contributed by atoms with Gasteiger partial charge in [0.2, 0.25) is 0 Å². The van der Waals surface area contributed by atoms with Gasteiger partial charge in [0.05, 0.1) is 11.4 Å². The Morgan fingerprint density at radius 3 is 2.00 bits per heavy atom. The number of pyridine rings is 2. The number of aromatic nitrogens is 2. The lowest BCUT2D eigenvalue weighted by Crippen LogP contribution is -2.12. The lowest BCUT2D eigenvalue weighted by Gasteiger charge is -2.13. The van der Waals surface area contributed by atoms with Gasteiger partial charge in [0.15, 0.2) is 6.10 Å². The average molecular weight is 246 g/mol. The van der Waals surface area contributed by atoms with Crippen LogP contribution in [0.15, 0.2) is 48.8 Å². The first-order chi connectivity index (χ1) is 8.77. The summed E-state index contributed by atoms with van der Waals surface area (Å²) in [4.78, 5) is 27.6. The molecule has 0 aliphatic rings. The molecular weight excluding hydrogens is 236 g/mol. The van der Waals surface area contributed by atoms with E-state index in [0.29, 0.717) is 11.4 Å². The van der Waals surface area contributed by atoms with E-state index >= 15 is 0 Å². The topological polar surface area (TPSA) is 81.5 Å². The van der Waals surface area contributed by atoms with Crippen molar-refractivity contribution in [3.63, 3.8) is 0 Å². The van der Waals surface area contributed by atoms with Crippen molar-refractivity contribution in [3.05, 3.63) is 60.2 Å². The summed E-state index contributed by atoms with van der Waals surface area (Å²) in [5.74, 6) is 0. The van der Waals surface area contributed by atoms with Crippen molar-refractivity contribution < 1.29 is 19.7 Å². The summed E-state index contributed by atoms with van der Waals surface area (Å²) < 4.78 is 0. The van der Waals surface area contributed by atoms with Crippen molar-refractivity contribution >= 4 is 6.16 Å². The molecule has 92 valence electrons. The highest BCUT2D eigenvalue weighted by atomic mass is 17.2. The van der Waals surface area contributed by atoms with Crippen LogP contribution in [0.3, 0.4) is 0 Å². The van der Waals surface area contributed by atoms with Gasteiger partial charge >= 0.3 is 6.16 Å². The standard InChI is InChI=1S/C12H10N2O4/c15-12(16)18-17-11(9-5-1-3-7-13-9)10-6-2-4-8-14-10/h1-8,11H,(H,15,16). The Morgan fingerprint density at radius 1 is 1.06 bits per heavy atom.